The van der Waals surface area contributed by atoms with Gasteiger partial charge in [0.2, 0.25) is 0 Å². The third kappa shape index (κ3) is 3.83. The van der Waals surface area contributed by atoms with Crippen molar-refractivity contribution in [2.75, 3.05) is 26.2 Å². The molecule has 16 heavy (non-hydrogen) atoms. The largest absolute Gasteiger partial charge is 0.494 e. The summed E-state index contributed by atoms with van der Waals surface area (Å²) in [5.41, 5.74) is 0. The van der Waals surface area contributed by atoms with Crippen LogP contribution in [0.1, 0.15) is 12.8 Å². The van der Waals surface area contributed by atoms with Crippen molar-refractivity contribution >= 4 is 0 Å². The van der Waals surface area contributed by atoms with E-state index in [2.05, 4.69) is 10.6 Å². The lowest BCUT2D eigenvalue weighted by Gasteiger charge is -2.11. The highest BCUT2D eigenvalue weighted by molar-refractivity contribution is 5.20. The van der Waals surface area contributed by atoms with Gasteiger partial charge in [-0.05, 0) is 38.1 Å². The van der Waals surface area contributed by atoms with Gasteiger partial charge in [-0.3, -0.25) is 0 Å². The maximum Gasteiger partial charge on any atom is 0.119 e. The first-order valence-corrected chi connectivity index (χ1v) is 6.07. The number of para-hydroxylation sites is 1. The summed E-state index contributed by atoms with van der Waals surface area (Å²) in [7, 11) is 0. The second-order valence-electron chi connectivity index (χ2n) is 4.16. The molecule has 1 aliphatic heterocycles. The fraction of sp³-hybridized carbons (Fsp3) is 0.538. The van der Waals surface area contributed by atoms with E-state index < -0.39 is 0 Å². The van der Waals surface area contributed by atoms with E-state index in [4.69, 9.17) is 4.74 Å². The molecule has 3 nitrogen and oxygen atoms in total. The number of nitrogens with one attached hydrogen (secondary N) is 2. The Morgan fingerprint density at radius 3 is 2.94 bits per heavy atom. The highest BCUT2D eigenvalue weighted by Crippen LogP contribution is 2.08. The molecule has 1 heterocycles. The van der Waals surface area contributed by atoms with Crippen LogP contribution < -0.4 is 15.4 Å². The van der Waals surface area contributed by atoms with E-state index in [0.29, 0.717) is 6.04 Å². The van der Waals surface area contributed by atoms with Crippen molar-refractivity contribution in [1.29, 1.82) is 0 Å². The van der Waals surface area contributed by atoms with E-state index in [1.165, 1.54) is 6.42 Å². The molecule has 1 fully saturated rings. The molecule has 0 radical (unpaired) electrons. The topological polar surface area (TPSA) is 33.3 Å². The molecule has 1 saturated heterocycles. The maximum absolute atomic E-state index is 5.62. The Balaban J connectivity index is 1.52. The summed E-state index contributed by atoms with van der Waals surface area (Å²) in [6, 6.07) is 10.6. The second-order valence-corrected chi connectivity index (χ2v) is 4.16. The molecule has 2 N–H and O–H groups in total. The Hall–Kier alpha value is -1.06. The molecule has 1 aliphatic rings. The van der Waals surface area contributed by atoms with Crippen molar-refractivity contribution in [2.24, 2.45) is 0 Å². The van der Waals surface area contributed by atoms with Crippen molar-refractivity contribution in [1.82, 2.24) is 10.6 Å². The highest BCUT2D eigenvalue weighted by atomic mass is 16.5. The quantitative estimate of drug-likeness (QED) is 0.711. The third-order valence-corrected chi connectivity index (χ3v) is 2.83. The zero-order valence-corrected chi connectivity index (χ0v) is 9.61. The van der Waals surface area contributed by atoms with Gasteiger partial charge in [-0.25, -0.2) is 0 Å². The molecule has 0 spiro atoms. The zero-order chi connectivity index (χ0) is 11.1. The molecule has 1 aromatic rings. The minimum absolute atomic E-state index is 0.664. The highest BCUT2D eigenvalue weighted by Gasteiger charge is 2.12. The molecule has 0 aliphatic carbocycles. The molecule has 0 aromatic heterocycles. The van der Waals surface area contributed by atoms with Gasteiger partial charge in [-0.2, -0.15) is 0 Å². The van der Waals surface area contributed by atoms with Gasteiger partial charge < -0.3 is 15.4 Å². The summed E-state index contributed by atoms with van der Waals surface area (Å²) in [5.74, 6) is 0.963. The molecule has 2 rings (SSSR count). The van der Waals surface area contributed by atoms with Gasteiger partial charge in [-0.15, -0.1) is 0 Å². The molecule has 1 unspecified atom stereocenters. The number of rotatable bonds is 6. The number of hydrogen-bond donors (Lipinski definition) is 2. The van der Waals surface area contributed by atoms with E-state index in [9.17, 15) is 0 Å². The predicted octanol–water partition coefficient (Wildman–Crippen LogP) is 1.41. The number of ether oxygens (including phenoxy) is 1. The smallest absolute Gasteiger partial charge is 0.119 e. The summed E-state index contributed by atoms with van der Waals surface area (Å²) in [5, 5.41) is 6.87. The summed E-state index contributed by atoms with van der Waals surface area (Å²) < 4.78 is 5.62. The lowest BCUT2D eigenvalue weighted by atomic mass is 10.2. The van der Waals surface area contributed by atoms with Gasteiger partial charge in [-0.1, -0.05) is 18.2 Å². The maximum atomic E-state index is 5.62. The molecular weight excluding hydrogens is 200 g/mol. The molecule has 88 valence electrons. The van der Waals surface area contributed by atoms with E-state index >= 15 is 0 Å². The standard InChI is InChI=1S/C13H20N2O/c1-2-5-13(6-3-1)16-10-4-8-15-12-7-9-14-11-12/h1-3,5-6,12,14-15H,4,7-11H2. The third-order valence-electron chi connectivity index (χ3n) is 2.83. The minimum atomic E-state index is 0.664. The van der Waals surface area contributed by atoms with Crippen molar-refractivity contribution in [3.05, 3.63) is 30.3 Å². The van der Waals surface area contributed by atoms with Crippen LogP contribution in [0.25, 0.3) is 0 Å². The van der Waals surface area contributed by atoms with Crippen LogP contribution in [0.4, 0.5) is 0 Å². The predicted molar refractivity (Wildman–Crippen MR) is 65.8 cm³/mol. The molecule has 3 heteroatoms. The average molecular weight is 220 g/mol. The fourth-order valence-electron chi connectivity index (χ4n) is 1.91. The molecule has 1 aromatic carbocycles. The summed E-state index contributed by atoms with van der Waals surface area (Å²) in [6.45, 7) is 4.09. The lowest BCUT2D eigenvalue weighted by molar-refractivity contribution is 0.305. The van der Waals surface area contributed by atoms with Crippen LogP contribution in [-0.4, -0.2) is 32.3 Å². The SMILES string of the molecule is c1ccc(OCCCNC2CCNC2)cc1. The van der Waals surface area contributed by atoms with Crippen LogP contribution in [0, 0.1) is 0 Å². The molecule has 0 saturated carbocycles. The summed E-state index contributed by atoms with van der Waals surface area (Å²) in [4.78, 5) is 0. The lowest BCUT2D eigenvalue weighted by Crippen LogP contribution is -2.32. The van der Waals surface area contributed by atoms with Gasteiger partial charge in [0, 0.05) is 12.6 Å². The Morgan fingerprint density at radius 1 is 1.31 bits per heavy atom. The fourth-order valence-corrected chi connectivity index (χ4v) is 1.91. The van der Waals surface area contributed by atoms with E-state index in [1.54, 1.807) is 0 Å². The van der Waals surface area contributed by atoms with Crippen molar-refractivity contribution < 1.29 is 4.74 Å². The molecular formula is C13H20N2O. The van der Waals surface area contributed by atoms with E-state index in [0.717, 1.165) is 38.4 Å². The first kappa shape index (κ1) is 11.4. The molecule has 1 atom stereocenters. The first-order chi connectivity index (χ1) is 7.95. The monoisotopic (exact) mass is 220 g/mol. The van der Waals surface area contributed by atoms with Gasteiger partial charge in [0.15, 0.2) is 0 Å². The summed E-state index contributed by atoms with van der Waals surface area (Å²) >= 11 is 0. The van der Waals surface area contributed by atoms with Crippen molar-refractivity contribution in [3.63, 3.8) is 0 Å². The average Bonchev–Trinajstić information content (AvgIpc) is 2.83. The van der Waals surface area contributed by atoms with Crippen molar-refractivity contribution in [2.45, 2.75) is 18.9 Å². The van der Waals surface area contributed by atoms with Crippen molar-refractivity contribution in [3.8, 4) is 5.75 Å². The Labute approximate surface area is 97.2 Å². The van der Waals surface area contributed by atoms with Crippen LogP contribution >= 0.6 is 0 Å². The van der Waals surface area contributed by atoms with E-state index in [-0.39, 0.29) is 0 Å². The van der Waals surface area contributed by atoms with Gasteiger partial charge in [0.25, 0.3) is 0 Å². The Morgan fingerprint density at radius 2 is 2.19 bits per heavy atom. The van der Waals surface area contributed by atoms with Crippen LogP contribution in [0.15, 0.2) is 30.3 Å². The number of benzene rings is 1. The Bertz CT molecular complexity index is 283. The summed E-state index contributed by atoms with van der Waals surface area (Å²) in [6.07, 6.45) is 2.31. The zero-order valence-electron chi connectivity index (χ0n) is 9.61. The molecule has 0 bridgehead atoms. The van der Waals surface area contributed by atoms with Crippen LogP contribution in [0.5, 0.6) is 5.75 Å². The van der Waals surface area contributed by atoms with Crippen LogP contribution in [0.3, 0.4) is 0 Å². The van der Waals surface area contributed by atoms with Crippen LogP contribution in [0.2, 0.25) is 0 Å². The Kier molecular flexibility index (Phi) is 4.65. The van der Waals surface area contributed by atoms with Gasteiger partial charge >= 0.3 is 0 Å². The minimum Gasteiger partial charge on any atom is -0.494 e. The van der Waals surface area contributed by atoms with Crippen LogP contribution in [-0.2, 0) is 0 Å². The normalized spacial score (nSPS) is 19.9. The first-order valence-electron chi connectivity index (χ1n) is 6.07. The van der Waals surface area contributed by atoms with Gasteiger partial charge in [0.1, 0.15) is 5.75 Å². The van der Waals surface area contributed by atoms with E-state index in [1.807, 2.05) is 30.3 Å². The van der Waals surface area contributed by atoms with Gasteiger partial charge in [0.05, 0.1) is 6.61 Å². The molecule has 0 amide bonds. The number of hydrogen-bond acceptors (Lipinski definition) is 3. The second kappa shape index (κ2) is 6.51.